The van der Waals surface area contributed by atoms with Crippen LogP contribution >= 0.6 is 0 Å². The summed E-state index contributed by atoms with van der Waals surface area (Å²) in [4.78, 5) is 16.7. The Morgan fingerprint density at radius 3 is 2.50 bits per heavy atom. The Balaban J connectivity index is 1.46. The van der Waals surface area contributed by atoms with Crippen molar-refractivity contribution in [2.75, 3.05) is 26.2 Å². The van der Waals surface area contributed by atoms with Gasteiger partial charge in [-0.05, 0) is 38.1 Å². The van der Waals surface area contributed by atoms with Crippen molar-refractivity contribution in [3.63, 3.8) is 0 Å². The molecule has 28 heavy (non-hydrogen) atoms. The van der Waals surface area contributed by atoms with Crippen molar-refractivity contribution in [1.29, 1.82) is 0 Å². The van der Waals surface area contributed by atoms with Gasteiger partial charge in [-0.15, -0.1) is 0 Å². The minimum Gasteiger partial charge on any atom is -0.360 e. The minimum atomic E-state index is -4.37. The van der Waals surface area contributed by atoms with Gasteiger partial charge in [0.05, 0.1) is 12.1 Å². The highest BCUT2D eigenvalue weighted by Crippen LogP contribution is 2.33. The topological polar surface area (TPSA) is 49.6 Å². The number of likely N-dealkylation sites (tertiary alicyclic amines) is 1. The van der Waals surface area contributed by atoms with E-state index in [0.717, 1.165) is 37.3 Å². The molecule has 1 saturated heterocycles. The summed E-state index contributed by atoms with van der Waals surface area (Å²) in [5.41, 5.74) is 1.16. The Hall–Kier alpha value is -2.35. The van der Waals surface area contributed by atoms with E-state index in [2.05, 4.69) is 10.1 Å². The number of rotatable bonds is 4. The highest BCUT2D eigenvalue weighted by molar-refractivity contribution is 5.77. The number of nitrogens with zero attached hydrogens (tertiary/aromatic N) is 3. The third-order valence-corrected chi connectivity index (χ3v) is 5.51. The molecule has 2 aliphatic rings. The molecule has 0 N–H and O–H groups in total. The van der Waals surface area contributed by atoms with Gasteiger partial charge in [0.25, 0.3) is 0 Å². The molecule has 4 rings (SSSR count). The first-order valence-electron chi connectivity index (χ1n) is 9.57. The summed E-state index contributed by atoms with van der Waals surface area (Å²) in [6, 6.07) is 4.88. The van der Waals surface area contributed by atoms with E-state index < -0.39 is 11.7 Å². The lowest BCUT2D eigenvalue weighted by molar-refractivity contribution is -0.137. The normalized spacial score (nSPS) is 17.8. The smallest absolute Gasteiger partial charge is 0.360 e. The van der Waals surface area contributed by atoms with E-state index in [4.69, 9.17) is 4.52 Å². The van der Waals surface area contributed by atoms with Gasteiger partial charge in [-0.3, -0.25) is 4.79 Å². The number of amides is 1. The van der Waals surface area contributed by atoms with Crippen molar-refractivity contribution >= 4 is 5.91 Å². The summed E-state index contributed by atoms with van der Waals surface area (Å²) in [5, 5.41) is 4.06. The number of carbonyl (C=O) groups is 1. The fourth-order valence-corrected chi connectivity index (χ4v) is 3.88. The molecular formula is C20H22F3N3O2. The number of hydrogen-bond acceptors (Lipinski definition) is 4. The molecule has 0 atom stereocenters. The second kappa shape index (κ2) is 7.58. The molecule has 0 bridgehead atoms. The van der Waals surface area contributed by atoms with Gasteiger partial charge >= 0.3 is 6.18 Å². The average molecular weight is 393 g/mol. The highest BCUT2D eigenvalue weighted by Gasteiger charge is 2.31. The highest BCUT2D eigenvalue weighted by atomic mass is 19.4. The second-order valence-electron chi connectivity index (χ2n) is 7.37. The van der Waals surface area contributed by atoms with Crippen molar-refractivity contribution in [2.24, 2.45) is 0 Å². The van der Waals surface area contributed by atoms with Gasteiger partial charge in [0, 0.05) is 37.1 Å². The van der Waals surface area contributed by atoms with Gasteiger partial charge < -0.3 is 14.3 Å². The van der Waals surface area contributed by atoms with Crippen molar-refractivity contribution in [1.82, 2.24) is 15.0 Å². The van der Waals surface area contributed by atoms with E-state index in [1.807, 2.05) is 0 Å². The van der Waals surface area contributed by atoms with Crippen molar-refractivity contribution in [2.45, 2.75) is 38.4 Å². The zero-order valence-corrected chi connectivity index (χ0v) is 15.5. The Morgan fingerprint density at radius 2 is 1.82 bits per heavy atom. The zero-order valence-electron chi connectivity index (χ0n) is 15.5. The number of carbonyl (C=O) groups excluding carboxylic acids is 1. The Bertz CT molecular complexity index is 839. The fourth-order valence-electron chi connectivity index (χ4n) is 3.88. The van der Waals surface area contributed by atoms with Crippen LogP contribution in [-0.2, 0) is 23.9 Å². The molecule has 3 heterocycles. The van der Waals surface area contributed by atoms with E-state index in [1.165, 1.54) is 25.0 Å². The molecule has 2 aliphatic heterocycles. The van der Waals surface area contributed by atoms with Crippen molar-refractivity contribution in [3.8, 4) is 11.3 Å². The Morgan fingerprint density at radius 1 is 1.11 bits per heavy atom. The van der Waals surface area contributed by atoms with Crippen LogP contribution in [0.5, 0.6) is 0 Å². The molecule has 2 aromatic rings. The summed E-state index contributed by atoms with van der Waals surface area (Å²) in [6.07, 6.45) is -0.939. The quantitative estimate of drug-likeness (QED) is 0.794. The maximum atomic E-state index is 12.8. The van der Waals surface area contributed by atoms with E-state index in [-0.39, 0.29) is 5.91 Å². The second-order valence-corrected chi connectivity index (χ2v) is 7.37. The number of hydrogen-bond donors (Lipinski definition) is 0. The largest absolute Gasteiger partial charge is 0.416 e. The lowest BCUT2D eigenvalue weighted by Crippen LogP contribution is -2.37. The van der Waals surface area contributed by atoms with Gasteiger partial charge in [0.1, 0.15) is 11.5 Å². The van der Waals surface area contributed by atoms with Crippen LogP contribution < -0.4 is 0 Å². The third-order valence-electron chi connectivity index (χ3n) is 5.51. The SMILES string of the molecule is O=C(CCN1CCCC1)N1CCc2onc(-c3ccc(C(F)(F)F)cc3)c2C1. The van der Waals surface area contributed by atoms with Gasteiger partial charge in [0.15, 0.2) is 0 Å². The molecule has 1 aromatic carbocycles. The number of aromatic nitrogens is 1. The van der Waals surface area contributed by atoms with Crippen LogP contribution in [0.3, 0.4) is 0 Å². The molecule has 1 fully saturated rings. The van der Waals surface area contributed by atoms with E-state index in [1.54, 1.807) is 4.90 Å². The van der Waals surface area contributed by atoms with Gasteiger partial charge in [0.2, 0.25) is 5.91 Å². The molecule has 1 amide bonds. The number of fused-ring (bicyclic) bond motifs is 1. The van der Waals surface area contributed by atoms with Crippen LogP contribution in [0.2, 0.25) is 0 Å². The first kappa shape index (κ1) is 19.0. The monoisotopic (exact) mass is 393 g/mol. The number of benzene rings is 1. The first-order chi connectivity index (χ1) is 13.4. The standard InChI is InChI=1S/C20H22F3N3O2/c21-20(22,23)15-5-3-14(4-6-15)19-16-13-26(12-7-17(16)28-24-19)18(27)8-11-25-9-1-2-10-25/h3-6H,1-2,7-13H2. The van der Waals surface area contributed by atoms with E-state index in [9.17, 15) is 18.0 Å². The summed E-state index contributed by atoms with van der Waals surface area (Å²) in [7, 11) is 0. The molecule has 0 unspecified atom stereocenters. The van der Waals surface area contributed by atoms with Crippen LogP contribution in [0.15, 0.2) is 28.8 Å². The molecule has 150 valence electrons. The fraction of sp³-hybridized carbons (Fsp3) is 0.500. The minimum absolute atomic E-state index is 0.0946. The van der Waals surface area contributed by atoms with Gasteiger partial charge in [-0.1, -0.05) is 17.3 Å². The average Bonchev–Trinajstić information content (AvgIpc) is 3.34. The first-order valence-corrected chi connectivity index (χ1v) is 9.57. The van der Waals surface area contributed by atoms with Crippen molar-refractivity contribution in [3.05, 3.63) is 41.2 Å². The molecule has 1 aromatic heterocycles. The van der Waals surface area contributed by atoms with E-state index >= 15 is 0 Å². The van der Waals surface area contributed by atoms with Crippen LogP contribution in [0.4, 0.5) is 13.2 Å². The summed E-state index contributed by atoms with van der Waals surface area (Å²) in [5.74, 6) is 0.801. The Kier molecular flexibility index (Phi) is 5.14. The zero-order chi connectivity index (χ0) is 19.7. The van der Waals surface area contributed by atoms with Crippen LogP contribution in [0, 0.1) is 0 Å². The molecule has 0 spiro atoms. The van der Waals surface area contributed by atoms with Gasteiger partial charge in [-0.25, -0.2) is 0 Å². The molecular weight excluding hydrogens is 371 g/mol. The van der Waals surface area contributed by atoms with Crippen LogP contribution in [0.25, 0.3) is 11.3 Å². The predicted molar refractivity (Wildman–Crippen MR) is 96.4 cm³/mol. The Labute approximate surface area is 161 Å². The maximum absolute atomic E-state index is 12.8. The summed E-state index contributed by atoms with van der Waals surface area (Å²) in [6.45, 7) is 3.85. The van der Waals surface area contributed by atoms with Crippen LogP contribution in [-0.4, -0.2) is 47.0 Å². The number of alkyl halides is 3. The maximum Gasteiger partial charge on any atom is 0.416 e. The molecule has 0 radical (unpaired) electrons. The summed E-state index contributed by atoms with van der Waals surface area (Å²) < 4.78 is 43.7. The van der Waals surface area contributed by atoms with Crippen molar-refractivity contribution < 1.29 is 22.5 Å². The lowest BCUT2D eigenvalue weighted by atomic mass is 10.00. The third kappa shape index (κ3) is 3.92. The molecule has 0 aliphatic carbocycles. The van der Waals surface area contributed by atoms with Crippen LogP contribution in [0.1, 0.15) is 36.1 Å². The predicted octanol–water partition coefficient (Wildman–Crippen LogP) is 3.73. The number of halogens is 3. The van der Waals surface area contributed by atoms with Gasteiger partial charge in [-0.2, -0.15) is 13.2 Å². The summed E-state index contributed by atoms with van der Waals surface area (Å²) >= 11 is 0. The van der Waals surface area contributed by atoms with E-state index in [0.29, 0.717) is 42.9 Å². The molecule has 8 heteroatoms. The molecule has 0 saturated carbocycles. The molecule has 5 nitrogen and oxygen atoms in total. The lowest BCUT2D eigenvalue weighted by Gasteiger charge is -2.27.